The number of thioether (sulfide) groups is 1. The fourth-order valence-corrected chi connectivity index (χ4v) is 3.60. The molecule has 0 radical (unpaired) electrons. The summed E-state index contributed by atoms with van der Waals surface area (Å²) in [5, 5.41) is 9.25. The number of carboxylic acids is 1. The fraction of sp³-hybridized carbons (Fsp3) is 0.467. The second-order valence-corrected chi connectivity index (χ2v) is 6.07. The Balaban J connectivity index is 1.95. The van der Waals surface area contributed by atoms with Crippen LogP contribution in [0, 0.1) is 0 Å². The highest BCUT2D eigenvalue weighted by atomic mass is 32.2. The van der Waals surface area contributed by atoms with Gasteiger partial charge in [0, 0.05) is 5.75 Å². The topological polar surface area (TPSA) is 57.6 Å². The monoisotopic (exact) mass is 293 g/mol. The molecule has 1 aromatic carbocycles. The van der Waals surface area contributed by atoms with Crippen LogP contribution < -0.4 is 0 Å². The van der Waals surface area contributed by atoms with Crippen molar-refractivity contribution in [3.05, 3.63) is 35.9 Å². The third-order valence-electron chi connectivity index (χ3n) is 3.42. The zero-order valence-electron chi connectivity index (χ0n) is 11.5. The smallest absolute Gasteiger partial charge is 0.326 e. The van der Waals surface area contributed by atoms with Crippen LogP contribution >= 0.6 is 11.8 Å². The quantitative estimate of drug-likeness (QED) is 0.785. The molecule has 0 saturated carbocycles. The van der Waals surface area contributed by atoms with Gasteiger partial charge in [-0.2, -0.15) is 0 Å². The van der Waals surface area contributed by atoms with Gasteiger partial charge in [-0.3, -0.25) is 4.79 Å². The number of carbonyl (C=O) groups is 2. The summed E-state index contributed by atoms with van der Waals surface area (Å²) in [5.41, 5.74) is 1.19. The van der Waals surface area contributed by atoms with Crippen molar-refractivity contribution in [1.29, 1.82) is 0 Å². The van der Waals surface area contributed by atoms with Crippen molar-refractivity contribution >= 4 is 23.6 Å². The Morgan fingerprint density at radius 1 is 1.45 bits per heavy atom. The number of rotatable bonds is 7. The molecule has 0 spiro atoms. The first kappa shape index (κ1) is 14.9. The number of β-lactam (4-membered cyclic amide) rings is 1. The summed E-state index contributed by atoms with van der Waals surface area (Å²) in [7, 11) is 0. The van der Waals surface area contributed by atoms with E-state index >= 15 is 0 Å². The Morgan fingerprint density at radius 2 is 2.15 bits per heavy atom. The van der Waals surface area contributed by atoms with Crippen LogP contribution in [0.4, 0.5) is 0 Å². The third-order valence-corrected chi connectivity index (χ3v) is 4.69. The van der Waals surface area contributed by atoms with Crippen molar-refractivity contribution in [3.8, 4) is 0 Å². The summed E-state index contributed by atoms with van der Waals surface area (Å²) in [6, 6.07) is 9.34. The van der Waals surface area contributed by atoms with E-state index in [4.69, 9.17) is 0 Å². The molecule has 1 aliphatic heterocycles. The van der Waals surface area contributed by atoms with Crippen LogP contribution in [-0.4, -0.2) is 33.3 Å². The van der Waals surface area contributed by atoms with Crippen molar-refractivity contribution in [3.63, 3.8) is 0 Å². The second kappa shape index (κ2) is 6.79. The van der Waals surface area contributed by atoms with Crippen LogP contribution in [0.1, 0.15) is 31.7 Å². The third kappa shape index (κ3) is 3.33. The van der Waals surface area contributed by atoms with E-state index in [1.54, 1.807) is 16.7 Å². The number of hydrogen-bond donors (Lipinski definition) is 1. The van der Waals surface area contributed by atoms with E-state index in [9.17, 15) is 14.7 Å². The second-order valence-electron chi connectivity index (χ2n) is 4.90. The summed E-state index contributed by atoms with van der Waals surface area (Å²) in [4.78, 5) is 24.5. The van der Waals surface area contributed by atoms with Gasteiger partial charge in [0.05, 0.1) is 11.8 Å². The van der Waals surface area contributed by atoms with Crippen LogP contribution in [0.3, 0.4) is 0 Å². The van der Waals surface area contributed by atoms with Gasteiger partial charge in [0.25, 0.3) is 0 Å². The average molecular weight is 293 g/mol. The van der Waals surface area contributed by atoms with Gasteiger partial charge in [-0.15, -0.1) is 11.8 Å². The molecular weight excluding hydrogens is 274 g/mol. The number of carboxylic acid groups (broad SMARTS) is 1. The van der Waals surface area contributed by atoms with Gasteiger partial charge >= 0.3 is 5.97 Å². The summed E-state index contributed by atoms with van der Waals surface area (Å²) >= 11 is 1.64. The maximum absolute atomic E-state index is 11.7. The lowest BCUT2D eigenvalue weighted by Gasteiger charge is -2.43. The first-order valence-corrected chi connectivity index (χ1v) is 7.88. The molecule has 2 rings (SSSR count). The Bertz CT molecular complexity index is 477. The van der Waals surface area contributed by atoms with Crippen LogP contribution in [0.2, 0.25) is 0 Å². The van der Waals surface area contributed by atoms with Crippen molar-refractivity contribution in [2.45, 2.75) is 43.4 Å². The molecule has 0 aromatic heterocycles. The molecule has 0 aliphatic carbocycles. The maximum atomic E-state index is 11.7. The molecule has 1 fully saturated rings. The van der Waals surface area contributed by atoms with Gasteiger partial charge in [-0.1, -0.05) is 43.7 Å². The van der Waals surface area contributed by atoms with E-state index < -0.39 is 12.0 Å². The van der Waals surface area contributed by atoms with E-state index in [2.05, 4.69) is 0 Å². The van der Waals surface area contributed by atoms with Crippen LogP contribution in [-0.2, 0) is 15.3 Å². The first-order valence-electron chi connectivity index (χ1n) is 6.83. The van der Waals surface area contributed by atoms with E-state index in [0.29, 0.717) is 12.8 Å². The molecule has 1 heterocycles. The minimum Gasteiger partial charge on any atom is -0.480 e. The number of benzene rings is 1. The lowest BCUT2D eigenvalue weighted by atomic mass is 10.0. The van der Waals surface area contributed by atoms with E-state index in [-0.39, 0.29) is 11.3 Å². The Morgan fingerprint density at radius 3 is 2.70 bits per heavy atom. The lowest BCUT2D eigenvalue weighted by molar-refractivity contribution is -0.158. The molecule has 1 aliphatic rings. The number of carbonyl (C=O) groups excluding carboxylic acids is 1. The van der Waals surface area contributed by atoms with Crippen LogP contribution in [0.5, 0.6) is 0 Å². The zero-order chi connectivity index (χ0) is 14.5. The SMILES string of the molecule is CCCC(C(=O)O)N1C(=O)CC1SCc1ccccc1. The molecule has 4 nitrogen and oxygen atoms in total. The normalized spacial score (nSPS) is 19.6. The van der Waals surface area contributed by atoms with Crippen molar-refractivity contribution in [2.24, 2.45) is 0 Å². The van der Waals surface area contributed by atoms with Gasteiger partial charge in [0.2, 0.25) is 5.91 Å². The molecule has 1 amide bonds. The number of hydrogen-bond acceptors (Lipinski definition) is 3. The molecule has 5 heteroatoms. The minimum atomic E-state index is -0.898. The van der Waals surface area contributed by atoms with Crippen molar-refractivity contribution in [1.82, 2.24) is 4.90 Å². The standard InChI is InChI=1S/C15H19NO3S/c1-2-6-12(15(18)19)16-13(17)9-14(16)20-10-11-7-4-3-5-8-11/h3-5,7-8,12,14H,2,6,9-10H2,1H3,(H,18,19). The molecule has 20 heavy (non-hydrogen) atoms. The van der Waals surface area contributed by atoms with Crippen molar-refractivity contribution < 1.29 is 14.7 Å². The summed E-state index contributed by atoms with van der Waals surface area (Å²) in [5.74, 6) is -0.144. The number of aliphatic carboxylic acids is 1. The van der Waals surface area contributed by atoms with Gasteiger partial charge in [-0.05, 0) is 12.0 Å². The highest BCUT2D eigenvalue weighted by molar-refractivity contribution is 7.99. The molecule has 1 saturated heterocycles. The first-order chi connectivity index (χ1) is 9.63. The summed E-state index contributed by atoms with van der Waals surface area (Å²) < 4.78 is 0. The number of amides is 1. The highest BCUT2D eigenvalue weighted by Gasteiger charge is 2.43. The molecular formula is C15H19NO3S. The minimum absolute atomic E-state index is 0.00430. The van der Waals surface area contributed by atoms with E-state index in [1.165, 1.54) is 5.56 Å². The Kier molecular flexibility index (Phi) is 5.06. The predicted molar refractivity (Wildman–Crippen MR) is 79.3 cm³/mol. The van der Waals surface area contributed by atoms with Crippen LogP contribution in [0.15, 0.2) is 30.3 Å². The molecule has 2 atom stereocenters. The predicted octanol–water partition coefficient (Wildman–Crippen LogP) is 2.73. The Hall–Kier alpha value is -1.49. The molecule has 2 unspecified atom stereocenters. The maximum Gasteiger partial charge on any atom is 0.326 e. The number of nitrogens with zero attached hydrogens (tertiary/aromatic N) is 1. The zero-order valence-corrected chi connectivity index (χ0v) is 12.3. The highest BCUT2D eigenvalue weighted by Crippen LogP contribution is 2.34. The molecule has 1 aromatic rings. The van der Waals surface area contributed by atoms with Gasteiger partial charge in [0.1, 0.15) is 6.04 Å². The summed E-state index contributed by atoms with van der Waals surface area (Å²) in [6.07, 6.45) is 1.73. The van der Waals surface area contributed by atoms with Gasteiger partial charge in [-0.25, -0.2) is 4.79 Å². The largest absolute Gasteiger partial charge is 0.480 e. The van der Waals surface area contributed by atoms with Crippen LogP contribution in [0.25, 0.3) is 0 Å². The van der Waals surface area contributed by atoms with Crippen molar-refractivity contribution in [2.75, 3.05) is 0 Å². The number of likely N-dealkylation sites (tertiary alicyclic amines) is 1. The molecule has 108 valence electrons. The van der Waals surface area contributed by atoms with E-state index in [1.807, 2.05) is 37.3 Å². The Labute approximate surface area is 123 Å². The lowest BCUT2D eigenvalue weighted by Crippen LogP contribution is -2.58. The molecule has 1 N–H and O–H groups in total. The molecule has 0 bridgehead atoms. The van der Waals surface area contributed by atoms with Gasteiger partial charge < -0.3 is 10.0 Å². The fourth-order valence-electron chi connectivity index (χ4n) is 2.34. The van der Waals surface area contributed by atoms with E-state index in [0.717, 1.165) is 12.2 Å². The average Bonchev–Trinajstić information content (AvgIpc) is 2.43. The van der Waals surface area contributed by atoms with Gasteiger partial charge in [0.15, 0.2) is 0 Å². The summed E-state index contributed by atoms with van der Waals surface area (Å²) in [6.45, 7) is 1.94.